The standard InChI is InChI=1S/C8H10O7/c1-3(10)14-7-5(12)8(13)15-6(7)4(11)2-9/h4,6-7,9,11H,2H2,1H3. The van der Waals surface area contributed by atoms with Crippen LogP contribution in [0.2, 0.25) is 0 Å². The van der Waals surface area contributed by atoms with Gasteiger partial charge >= 0.3 is 11.9 Å². The highest BCUT2D eigenvalue weighted by Crippen LogP contribution is 2.18. The zero-order valence-corrected chi connectivity index (χ0v) is 7.87. The van der Waals surface area contributed by atoms with Crippen LogP contribution in [0.5, 0.6) is 0 Å². The average Bonchev–Trinajstić information content (AvgIpc) is 2.44. The third kappa shape index (κ3) is 2.31. The van der Waals surface area contributed by atoms with Gasteiger partial charge in [-0.25, -0.2) is 4.79 Å². The molecule has 0 radical (unpaired) electrons. The maximum atomic E-state index is 11.1. The Morgan fingerprint density at radius 3 is 2.67 bits per heavy atom. The number of aliphatic hydroxyl groups is 2. The lowest BCUT2D eigenvalue weighted by atomic mass is 10.1. The zero-order valence-electron chi connectivity index (χ0n) is 7.87. The highest BCUT2D eigenvalue weighted by atomic mass is 16.6. The molecule has 1 aliphatic heterocycles. The van der Waals surface area contributed by atoms with E-state index in [2.05, 4.69) is 9.47 Å². The Kier molecular flexibility index (Phi) is 3.38. The molecule has 15 heavy (non-hydrogen) atoms. The van der Waals surface area contributed by atoms with E-state index in [1.807, 2.05) is 0 Å². The van der Waals surface area contributed by atoms with Gasteiger partial charge in [-0.2, -0.15) is 0 Å². The minimum Gasteiger partial charge on any atom is -0.450 e. The fraction of sp³-hybridized carbons (Fsp3) is 0.625. The smallest absolute Gasteiger partial charge is 0.379 e. The van der Waals surface area contributed by atoms with Crippen molar-refractivity contribution in [3.63, 3.8) is 0 Å². The van der Waals surface area contributed by atoms with Gasteiger partial charge in [-0.15, -0.1) is 0 Å². The number of hydrogen-bond acceptors (Lipinski definition) is 7. The third-order valence-electron chi connectivity index (χ3n) is 1.86. The summed E-state index contributed by atoms with van der Waals surface area (Å²) in [6.07, 6.45) is -4.26. The summed E-state index contributed by atoms with van der Waals surface area (Å²) in [6.45, 7) is 0.349. The third-order valence-corrected chi connectivity index (χ3v) is 1.86. The molecule has 1 fully saturated rings. The number of esters is 2. The van der Waals surface area contributed by atoms with Crippen molar-refractivity contribution in [2.75, 3.05) is 6.61 Å². The van der Waals surface area contributed by atoms with E-state index in [9.17, 15) is 19.5 Å². The molecule has 1 aliphatic rings. The van der Waals surface area contributed by atoms with Gasteiger partial charge in [0, 0.05) is 6.92 Å². The van der Waals surface area contributed by atoms with Gasteiger partial charge in [-0.3, -0.25) is 9.59 Å². The maximum absolute atomic E-state index is 11.1. The van der Waals surface area contributed by atoms with Crippen LogP contribution >= 0.6 is 0 Å². The zero-order chi connectivity index (χ0) is 11.6. The minimum atomic E-state index is -1.47. The number of rotatable bonds is 3. The molecule has 7 heteroatoms. The molecule has 3 unspecified atom stereocenters. The molecule has 3 atom stereocenters. The summed E-state index contributed by atoms with van der Waals surface area (Å²) in [5.41, 5.74) is 0. The molecule has 1 rings (SSSR count). The van der Waals surface area contributed by atoms with Gasteiger partial charge < -0.3 is 19.7 Å². The van der Waals surface area contributed by atoms with Crippen molar-refractivity contribution in [1.82, 2.24) is 0 Å². The quantitative estimate of drug-likeness (QED) is 0.407. The summed E-state index contributed by atoms with van der Waals surface area (Å²) in [4.78, 5) is 32.6. The molecular weight excluding hydrogens is 208 g/mol. The number of Topliss-reactive ketones (excluding diaryl/α,β-unsaturated/α-hetero) is 1. The number of cyclic esters (lactones) is 1. The highest BCUT2D eigenvalue weighted by Gasteiger charge is 2.49. The summed E-state index contributed by atoms with van der Waals surface area (Å²) >= 11 is 0. The molecule has 0 saturated carbocycles. The van der Waals surface area contributed by atoms with E-state index in [1.165, 1.54) is 0 Å². The Balaban J connectivity index is 2.81. The lowest BCUT2D eigenvalue weighted by Crippen LogP contribution is -2.41. The Hall–Kier alpha value is -1.47. The van der Waals surface area contributed by atoms with Gasteiger partial charge in [-0.1, -0.05) is 0 Å². The van der Waals surface area contributed by atoms with Gasteiger partial charge in [0.15, 0.2) is 6.10 Å². The van der Waals surface area contributed by atoms with E-state index in [4.69, 9.17) is 5.11 Å². The lowest BCUT2D eigenvalue weighted by Gasteiger charge is -2.19. The molecule has 0 amide bonds. The van der Waals surface area contributed by atoms with E-state index >= 15 is 0 Å². The molecule has 0 aromatic carbocycles. The van der Waals surface area contributed by atoms with Crippen LogP contribution in [0.1, 0.15) is 6.92 Å². The summed E-state index contributed by atoms with van der Waals surface area (Å²) in [5.74, 6) is -3.00. The van der Waals surface area contributed by atoms with E-state index in [1.54, 1.807) is 0 Å². The van der Waals surface area contributed by atoms with Gasteiger partial charge in [-0.05, 0) is 0 Å². The summed E-state index contributed by atoms with van der Waals surface area (Å²) < 4.78 is 8.99. The predicted octanol–water partition coefficient (Wildman–Crippen LogP) is -2.23. The fourth-order valence-electron chi connectivity index (χ4n) is 1.19. The van der Waals surface area contributed by atoms with Crippen LogP contribution in [0, 0.1) is 0 Å². The van der Waals surface area contributed by atoms with Crippen LogP contribution in [-0.2, 0) is 23.9 Å². The highest BCUT2D eigenvalue weighted by molar-refractivity contribution is 6.37. The predicted molar refractivity (Wildman–Crippen MR) is 43.5 cm³/mol. The maximum Gasteiger partial charge on any atom is 0.379 e. The van der Waals surface area contributed by atoms with Crippen molar-refractivity contribution in [2.24, 2.45) is 0 Å². The van der Waals surface area contributed by atoms with Gasteiger partial charge in [0.2, 0.25) is 6.10 Å². The SMILES string of the molecule is CC(=O)OC1C(=O)C(=O)OC1C(O)CO. The molecule has 1 heterocycles. The fourth-order valence-corrected chi connectivity index (χ4v) is 1.19. The molecule has 0 spiro atoms. The van der Waals surface area contributed by atoms with Gasteiger partial charge in [0.05, 0.1) is 6.61 Å². The Bertz CT molecular complexity index is 297. The Morgan fingerprint density at radius 2 is 2.20 bits per heavy atom. The number of carbonyl (C=O) groups is 3. The molecule has 0 aromatic rings. The summed E-state index contributed by atoms with van der Waals surface area (Å²) in [6, 6.07) is 0. The van der Waals surface area contributed by atoms with E-state index in [0.29, 0.717) is 0 Å². The number of ketones is 1. The average molecular weight is 218 g/mol. The normalized spacial score (nSPS) is 27.4. The van der Waals surface area contributed by atoms with E-state index in [-0.39, 0.29) is 0 Å². The first-order valence-electron chi connectivity index (χ1n) is 4.18. The van der Waals surface area contributed by atoms with Crippen LogP contribution in [-0.4, -0.2) is 52.9 Å². The molecule has 2 N–H and O–H groups in total. The lowest BCUT2D eigenvalue weighted by molar-refractivity contribution is -0.158. The number of ether oxygens (including phenoxy) is 2. The first-order valence-corrected chi connectivity index (χ1v) is 4.18. The van der Waals surface area contributed by atoms with Crippen LogP contribution in [0.25, 0.3) is 0 Å². The molecule has 0 aliphatic carbocycles. The van der Waals surface area contributed by atoms with E-state index in [0.717, 1.165) is 6.92 Å². The van der Waals surface area contributed by atoms with Crippen molar-refractivity contribution in [3.05, 3.63) is 0 Å². The molecule has 84 valence electrons. The van der Waals surface area contributed by atoms with Gasteiger partial charge in [0.1, 0.15) is 6.10 Å². The van der Waals surface area contributed by atoms with Crippen molar-refractivity contribution in [1.29, 1.82) is 0 Å². The van der Waals surface area contributed by atoms with Crippen LogP contribution in [0.4, 0.5) is 0 Å². The molecular formula is C8H10O7. The molecule has 1 saturated heterocycles. The number of hydrogen-bond donors (Lipinski definition) is 2. The monoisotopic (exact) mass is 218 g/mol. The Morgan fingerprint density at radius 1 is 1.60 bits per heavy atom. The second-order valence-electron chi connectivity index (χ2n) is 3.01. The number of aliphatic hydroxyl groups excluding tert-OH is 2. The number of carbonyl (C=O) groups excluding carboxylic acids is 3. The van der Waals surface area contributed by atoms with Crippen LogP contribution in [0.15, 0.2) is 0 Å². The summed E-state index contributed by atoms with van der Waals surface area (Å²) in [7, 11) is 0. The first kappa shape index (κ1) is 11.6. The van der Waals surface area contributed by atoms with E-state index < -0.39 is 42.6 Å². The largest absolute Gasteiger partial charge is 0.450 e. The Labute approximate surface area is 84.6 Å². The van der Waals surface area contributed by atoms with Crippen LogP contribution < -0.4 is 0 Å². The topological polar surface area (TPSA) is 110 Å². The summed E-state index contributed by atoms with van der Waals surface area (Å²) in [5, 5.41) is 17.8. The molecule has 0 bridgehead atoms. The minimum absolute atomic E-state index is 0.705. The molecule has 7 nitrogen and oxygen atoms in total. The van der Waals surface area contributed by atoms with Crippen molar-refractivity contribution in [2.45, 2.75) is 25.2 Å². The first-order chi connectivity index (χ1) is 6.97. The van der Waals surface area contributed by atoms with Gasteiger partial charge in [0.25, 0.3) is 5.78 Å². The van der Waals surface area contributed by atoms with Crippen molar-refractivity contribution in [3.8, 4) is 0 Å². The van der Waals surface area contributed by atoms with Crippen molar-refractivity contribution >= 4 is 17.7 Å². The van der Waals surface area contributed by atoms with Crippen molar-refractivity contribution < 1.29 is 34.1 Å². The van der Waals surface area contributed by atoms with Crippen LogP contribution in [0.3, 0.4) is 0 Å². The second-order valence-corrected chi connectivity index (χ2v) is 3.01. The second kappa shape index (κ2) is 4.37. The molecule has 0 aromatic heterocycles.